The third-order valence-corrected chi connectivity index (χ3v) is 4.22. The normalized spacial score (nSPS) is 11.7. The molecule has 0 aliphatic carbocycles. The molecule has 27 heavy (non-hydrogen) atoms. The predicted molar refractivity (Wildman–Crippen MR) is 101 cm³/mol. The van der Waals surface area contributed by atoms with E-state index < -0.39 is 10.8 Å². The minimum absolute atomic E-state index is 0.0356. The van der Waals surface area contributed by atoms with Gasteiger partial charge in [-0.25, -0.2) is 0 Å². The number of hydrogen-bond donors (Lipinski definition) is 1. The zero-order valence-electron chi connectivity index (χ0n) is 15.8. The van der Waals surface area contributed by atoms with Crippen molar-refractivity contribution in [1.82, 2.24) is 10.2 Å². The molecule has 0 saturated heterocycles. The Morgan fingerprint density at radius 3 is 2.22 bits per heavy atom. The molecule has 0 radical (unpaired) electrons. The standard InChI is InChI=1S/C19H23N3O5/c1-21(2)18(13-5-7-14(26-3)8-6-13)12-20-19(23)16-11-15(27-4)9-10-17(16)22(24)25/h5-11,18H,12H2,1-4H3,(H,20,23)/t18-/m1/s1. The highest BCUT2D eigenvalue weighted by atomic mass is 16.6. The molecule has 0 aliphatic rings. The Hall–Kier alpha value is -3.13. The highest BCUT2D eigenvalue weighted by molar-refractivity contribution is 5.98. The van der Waals surface area contributed by atoms with E-state index in [1.807, 2.05) is 43.3 Å². The maximum absolute atomic E-state index is 12.6. The lowest BCUT2D eigenvalue weighted by Crippen LogP contribution is -2.34. The van der Waals surface area contributed by atoms with E-state index in [9.17, 15) is 14.9 Å². The van der Waals surface area contributed by atoms with Crippen LogP contribution in [0.15, 0.2) is 42.5 Å². The van der Waals surface area contributed by atoms with Gasteiger partial charge in [0, 0.05) is 12.6 Å². The van der Waals surface area contributed by atoms with E-state index in [0.29, 0.717) is 5.75 Å². The van der Waals surface area contributed by atoms with Crippen molar-refractivity contribution >= 4 is 11.6 Å². The molecule has 2 aromatic rings. The number of nitrogens with zero attached hydrogens (tertiary/aromatic N) is 2. The Balaban J connectivity index is 2.19. The van der Waals surface area contributed by atoms with E-state index in [-0.39, 0.29) is 23.8 Å². The van der Waals surface area contributed by atoms with Crippen molar-refractivity contribution < 1.29 is 19.2 Å². The fraction of sp³-hybridized carbons (Fsp3) is 0.316. The van der Waals surface area contributed by atoms with Crippen molar-refractivity contribution in [2.24, 2.45) is 0 Å². The molecule has 1 N–H and O–H groups in total. The van der Waals surface area contributed by atoms with Gasteiger partial charge < -0.3 is 19.7 Å². The molecule has 0 heterocycles. The van der Waals surface area contributed by atoms with Crippen molar-refractivity contribution in [2.45, 2.75) is 6.04 Å². The molecule has 144 valence electrons. The van der Waals surface area contributed by atoms with E-state index in [4.69, 9.17) is 9.47 Å². The number of ether oxygens (including phenoxy) is 2. The molecule has 0 aliphatic heterocycles. The largest absolute Gasteiger partial charge is 0.497 e. The SMILES string of the molecule is COc1ccc([C@@H](CNC(=O)c2cc(OC)ccc2[N+](=O)[O-])N(C)C)cc1. The van der Waals surface area contributed by atoms with Gasteiger partial charge in [0.1, 0.15) is 17.1 Å². The van der Waals surface area contributed by atoms with Gasteiger partial charge in [-0.2, -0.15) is 0 Å². The zero-order valence-corrected chi connectivity index (χ0v) is 15.8. The summed E-state index contributed by atoms with van der Waals surface area (Å²) in [6.45, 7) is 0.284. The van der Waals surface area contributed by atoms with Crippen molar-refractivity contribution in [3.8, 4) is 11.5 Å². The Morgan fingerprint density at radius 2 is 1.70 bits per heavy atom. The van der Waals surface area contributed by atoms with Crippen LogP contribution in [0.2, 0.25) is 0 Å². The van der Waals surface area contributed by atoms with E-state index >= 15 is 0 Å². The van der Waals surface area contributed by atoms with Crippen LogP contribution in [-0.2, 0) is 0 Å². The van der Waals surface area contributed by atoms with Crippen LogP contribution in [0.1, 0.15) is 22.0 Å². The molecule has 0 unspecified atom stereocenters. The third kappa shape index (κ3) is 4.95. The Kier molecular flexibility index (Phi) is 6.73. The lowest BCUT2D eigenvalue weighted by Gasteiger charge is -2.25. The fourth-order valence-corrected chi connectivity index (χ4v) is 2.69. The van der Waals surface area contributed by atoms with Crippen LogP contribution in [0.25, 0.3) is 0 Å². The quantitative estimate of drug-likeness (QED) is 0.565. The summed E-state index contributed by atoms with van der Waals surface area (Å²) in [5, 5.41) is 14.0. The molecule has 0 aromatic heterocycles. The van der Waals surface area contributed by atoms with Gasteiger partial charge >= 0.3 is 0 Å². The van der Waals surface area contributed by atoms with E-state index in [1.54, 1.807) is 7.11 Å². The van der Waals surface area contributed by atoms with Crippen molar-refractivity contribution in [3.63, 3.8) is 0 Å². The fourth-order valence-electron chi connectivity index (χ4n) is 2.69. The molecule has 2 rings (SSSR count). The van der Waals surface area contributed by atoms with Gasteiger partial charge in [0.2, 0.25) is 0 Å². The molecule has 8 nitrogen and oxygen atoms in total. The molecular formula is C19H23N3O5. The third-order valence-electron chi connectivity index (χ3n) is 4.22. The highest BCUT2D eigenvalue weighted by Gasteiger charge is 2.23. The minimum Gasteiger partial charge on any atom is -0.497 e. The van der Waals surface area contributed by atoms with Crippen molar-refractivity contribution in [3.05, 3.63) is 63.7 Å². The predicted octanol–water partition coefficient (Wildman–Crippen LogP) is 2.64. The summed E-state index contributed by atoms with van der Waals surface area (Å²) < 4.78 is 10.2. The minimum atomic E-state index is -0.582. The monoisotopic (exact) mass is 373 g/mol. The van der Waals surface area contributed by atoms with Crippen LogP contribution in [-0.4, -0.2) is 50.6 Å². The van der Waals surface area contributed by atoms with Crippen LogP contribution in [0.3, 0.4) is 0 Å². The van der Waals surface area contributed by atoms with Crippen LogP contribution >= 0.6 is 0 Å². The number of likely N-dealkylation sites (N-methyl/N-ethyl adjacent to an activating group) is 1. The second kappa shape index (κ2) is 9.00. The summed E-state index contributed by atoms with van der Waals surface area (Å²) in [6, 6.07) is 11.5. The van der Waals surface area contributed by atoms with Crippen LogP contribution in [0.5, 0.6) is 11.5 Å². The van der Waals surface area contributed by atoms with Gasteiger partial charge in [-0.3, -0.25) is 14.9 Å². The zero-order chi connectivity index (χ0) is 20.0. The molecule has 0 fully saturated rings. The summed E-state index contributed by atoms with van der Waals surface area (Å²) in [5.74, 6) is 0.596. The Morgan fingerprint density at radius 1 is 1.11 bits per heavy atom. The Labute approximate surface area is 157 Å². The molecule has 0 spiro atoms. The first-order valence-corrected chi connectivity index (χ1v) is 8.28. The number of carbonyl (C=O) groups excluding carboxylic acids is 1. The number of carbonyl (C=O) groups is 1. The number of nitro benzene ring substituents is 1. The topological polar surface area (TPSA) is 93.9 Å². The summed E-state index contributed by atoms with van der Waals surface area (Å²) >= 11 is 0. The van der Waals surface area contributed by atoms with Gasteiger partial charge in [-0.1, -0.05) is 12.1 Å². The molecular weight excluding hydrogens is 350 g/mol. The summed E-state index contributed by atoms with van der Waals surface area (Å²) in [7, 11) is 6.83. The highest BCUT2D eigenvalue weighted by Crippen LogP contribution is 2.25. The first kappa shape index (κ1) is 20.2. The number of nitrogens with one attached hydrogen (secondary N) is 1. The average Bonchev–Trinajstić information content (AvgIpc) is 2.67. The molecule has 1 amide bonds. The average molecular weight is 373 g/mol. The van der Waals surface area contributed by atoms with Crippen molar-refractivity contribution in [1.29, 1.82) is 0 Å². The molecule has 0 saturated carbocycles. The van der Waals surface area contributed by atoms with Gasteiger partial charge in [0.25, 0.3) is 11.6 Å². The first-order chi connectivity index (χ1) is 12.9. The molecule has 8 heteroatoms. The summed E-state index contributed by atoms with van der Waals surface area (Å²) in [5.41, 5.74) is 0.687. The number of amides is 1. The van der Waals surface area contributed by atoms with E-state index in [0.717, 1.165) is 11.3 Å². The number of rotatable bonds is 8. The smallest absolute Gasteiger partial charge is 0.282 e. The maximum Gasteiger partial charge on any atom is 0.282 e. The maximum atomic E-state index is 12.6. The molecule has 1 atom stereocenters. The van der Waals surface area contributed by atoms with Crippen LogP contribution in [0.4, 0.5) is 5.69 Å². The second-order valence-electron chi connectivity index (χ2n) is 6.10. The van der Waals surface area contributed by atoms with Gasteiger partial charge in [-0.05, 0) is 43.9 Å². The molecule has 0 bridgehead atoms. The van der Waals surface area contributed by atoms with Crippen molar-refractivity contribution in [2.75, 3.05) is 34.9 Å². The number of nitro groups is 1. The lowest BCUT2D eigenvalue weighted by atomic mass is 10.1. The number of hydrogen-bond acceptors (Lipinski definition) is 6. The summed E-state index contributed by atoms with van der Waals surface area (Å²) in [4.78, 5) is 25.2. The second-order valence-corrected chi connectivity index (χ2v) is 6.10. The number of benzene rings is 2. The van der Waals surface area contributed by atoms with Crippen LogP contribution in [0, 0.1) is 10.1 Å². The van der Waals surface area contributed by atoms with E-state index in [2.05, 4.69) is 5.32 Å². The van der Waals surface area contributed by atoms with E-state index in [1.165, 1.54) is 25.3 Å². The van der Waals surface area contributed by atoms with Gasteiger partial charge in [0.15, 0.2) is 0 Å². The first-order valence-electron chi connectivity index (χ1n) is 8.28. The lowest BCUT2D eigenvalue weighted by molar-refractivity contribution is -0.385. The summed E-state index contributed by atoms with van der Waals surface area (Å²) in [6.07, 6.45) is 0. The van der Waals surface area contributed by atoms with Crippen LogP contribution < -0.4 is 14.8 Å². The van der Waals surface area contributed by atoms with Gasteiger partial charge in [0.05, 0.1) is 25.2 Å². The Bertz CT molecular complexity index is 805. The number of methoxy groups -OCH3 is 2. The van der Waals surface area contributed by atoms with Gasteiger partial charge in [-0.15, -0.1) is 0 Å². The molecule has 2 aromatic carbocycles.